The standard InChI is InChI=1S/C7H9NOS.ClH/c1-5(8)7(9)6-3-2-4-10-6;/h2-5H,8H2,1H3;1H. The van der Waals surface area contributed by atoms with Gasteiger partial charge in [-0.15, -0.1) is 23.7 Å². The van der Waals surface area contributed by atoms with Crippen molar-refractivity contribution in [3.8, 4) is 0 Å². The van der Waals surface area contributed by atoms with Crippen molar-refractivity contribution in [2.24, 2.45) is 5.73 Å². The van der Waals surface area contributed by atoms with Gasteiger partial charge in [0.15, 0.2) is 5.78 Å². The van der Waals surface area contributed by atoms with Crippen molar-refractivity contribution in [1.29, 1.82) is 0 Å². The molecule has 0 spiro atoms. The van der Waals surface area contributed by atoms with Gasteiger partial charge in [-0.2, -0.15) is 0 Å². The zero-order chi connectivity index (χ0) is 7.56. The molecule has 11 heavy (non-hydrogen) atoms. The Morgan fingerprint density at radius 3 is 2.73 bits per heavy atom. The summed E-state index contributed by atoms with van der Waals surface area (Å²) < 4.78 is 0. The molecule has 62 valence electrons. The second-order valence-corrected chi connectivity index (χ2v) is 3.08. The maximum absolute atomic E-state index is 11.1. The fraction of sp³-hybridized carbons (Fsp3) is 0.286. The number of thiophene rings is 1. The summed E-state index contributed by atoms with van der Waals surface area (Å²) in [5.74, 6) is 0.0231. The van der Waals surface area contributed by atoms with Crippen molar-refractivity contribution in [1.82, 2.24) is 0 Å². The molecule has 0 aromatic carbocycles. The number of carbonyl (C=O) groups excluding carboxylic acids is 1. The number of hydrogen-bond acceptors (Lipinski definition) is 3. The summed E-state index contributed by atoms with van der Waals surface area (Å²) in [5.41, 5.74) is 5.38. The minimum Gasteiger partial charge on any atom is -0.321 e. The number of nitrogens with two attached hydrogens (primary N) is 1. The molecule has 0 aliphatic heterocycles. The smallest absolute Gasteiger partial charge is 0.189 e. The van der Waals surface area contributed by atoms with E-state index in [2.05, 4.69) is 0 Å². The van der Waals surface area contributed by atoms with Crippen LogP contribution in [0.4, 0.5) is 0 Å². The van der Waals surface area contributed by atoms with Crippen molar-refractivity contribution in [3.05, 3.63) is 22.4 Å². The second kappa shape index (κ2) is 4.49. The van der Waals surface area contributed by atoms with Gasteiger partial charge in [0, 0.05) is 0 Å². The molecular formula is C7H10ClNOS. The maximum Gasteiger partial charge on any atom is 0.189 e. The van der Waals surface area contributed by atoms with Gasteiger partial charge < -0.3 is 5.73 Å². The molecule has 0 aliphatic rings. The molecule has 0 fully saturated rings. The van der Waals surface area contributed by atoms with E-state index in [4.69, 9.17) is 5.73 Å². The molecule has 1 unspecified atom stereocenters. The van der Waals surface area contributed by atoms with Crippen LogP contribution in [0.2, 0.25) is 0 Å². The zero-order valence-electron chi connectivity index (χ0n) is 6.11. The molecule has 2 nitrogen and oxygen atoms in total. The van der Waals surface area contributed by atoms with Crippen LogP contribution in [0.3, 0.4) is 0 Å². The number of rotatable bonds is 2. The second-order valence-electron chi connectivity index (χ2n) is 2.13. The van der Waals surface area contributed by atoms with Crippen LogP contribution < -0.4 is 5.73 Å². The summed E-state index contributed by atoms with van der Waals surface area (Å²) in [6.07, 6.45) is 0. The van der Waals surface area contributed by atoms with E-state index in [0.29, 0.717) is 0 Å². The average molecular weight is 192 g/mol. The van der Waals surface area contributed by atoms with Crippen LogP contribution in [-0.2, 0) is 0 Å². The van der Waals surface area contributed by atoms with E-state index < -0.39 is 0 Å². The molecule has 0 aliphatic carbocycles. The first-order chi connectivity index (χ1) is 4.72. The Bertz CT molecular complexity index is 220. The molecule has 1 atom stereocenters. The molecule has 1 aromatic heterocycles. The molecule has 1 aromatic rings. The SMILES string of the molecule is CC(N)C(=O)c1cccs1.Cl. The molecule has 0 saturated heterocycles. The minimum absolute atomic E-state index is 0. The van der Waals surface area contributed by atoms with E-state index in [1.165, 1.54) is 11.3 Å². The first-order valence-electron chi connectivity index (χ1n) is 3.05. The Hall–Kier alpha value is -0.380. The first kappa shape index (κ1) is 10.6. The fourth-order valence-corrected chi connectivity index (χ4v) is 1.41. The highest BCUT2D eigenvalue weighted by atomic mass is 35.5. The van der Waals surface area contributed by atoms with Crippen molar-refractivity contribution >= 4 is 29.5 Å². The lowest BCUT2D eigenvalue weighted by Gasteiger charge is -1.98. The fourth-order valence-electron chi connectivity index (χ4n) is 0.643. The van der Waals surface area contributed by atoms with Crippen molar-refractivity contribution in [3.63, 3.8) is 0 Å². The monoisotopic (exact) mass is 191 g/mol. The number of ketones is 1. The Balaban J connectivity index is 0.000001000. The third-order valence-electron chi connectivity index (χ3n) is 1.18. The molecule has 0 radical (unpaired) electrons. The van der Waals surface area contributed by atoms with Gasteiger partial charge >= 0.3 is 0 Å². The lowest BCUT2D eigenvalue weighted by molar-refractivity contribution is 0.0972. The van der Waals surface area contributed by atoms with Crippen LogP contribution in [0, 0.1) is 0 Å². The predicted molar refractivity (Wildman–Crippen MR) is 49.5 cm³/mol. The topological polar surface area (TPSA) is 43.1 Å². The van der Waals surface area contributed by atoms with Crippen molar-refractivity contribution in [2.45, 2.75) is 13.0 Å². The van der Waals surface area contributed by atoms with E-state index in [1.54, 1.807) is 13.0 Å². The van der Waals surface area contributed by atoms with Crippen LogP contribution in [0.15, 0.2) is 17.5 Å². The van der Waals surface area contributed by atoms with Crippen molar-refractivity contribution in [2.75, 3.05) is 0 Å². The molecule has 4 heteroatoms. The minimum atomic E-state index is -0.376. The lowest BCUT2D eigenvalue weighted by Crippen LogP contribution is -2.25. The largest absolute Gasteiger partial charge is 0.321 e. The Morgan fingerprint density at radius 2 is 2.36 bits per heavy atom. The van der Waals surface area contributed by atoms with Crippen LogP contribution in [0.25, 0.3) is 0 Å². The maximum atomic E-state index is 11.1. The molecule has 1 rings (SSSR count). The summed E-state index contributed by atoms with van der Waals surface area (Å²) in [4.78, 5) is 11.8. The van der Waals surface area contributed by atoms with E-state index in [1.807, 2.05) is 11.4 Å². The Labute approximate surface area is 75.8 Å². The number of halogens is 1. The van der Waals surface area contributed by atoms with E-state index in [0.717, 1.165) is 4.88 Å². The quantitative estimate of drug-likeness (QED) is 0.724. The molecule has 2 N–H and O–H groups in total. The average Bonchev–Trinajstić information content (AvgIpc) is 2.36. The van der Waals surface area contributed by atoms with Gasteiger partial charge in [0.25, 0.3) is 0 Å². The summed E-state index contributed by atoms with van der Waals surface area (Å²) in [6.45, 7) is 1.70. The summed E-state index contributed by atoms with van der Waals surface area (Å²) >= 11 is 1.43. The van der Waals surface area contributed by atoms with Gasteiger partial charge in [-0.1, -0.05) is 6.07 Å². The van der Waals surface area contributed by atoms with Gasteiger partial charge in [-0.3, -0.25) is 4.79 Å². The van der Waals surface area contributed by atoms with E-state index in [9.17, 15) is 4.79 Å². The predicted octanol–water partition coefficient (Wildman–Crippen LogP) is 1.70. The highest BCUT2D eigenvalue weighted by Gasteiger charge is 2.10. The number of hydrogen-bond donors (Lipinski definition) is 1. The number of carbonyl (C=O) groups is 1. The summed E-state index contributed by atoms with van der Waals surface area (Å²) in [6, 6.07) is 3.26. The van der Waals surface area contributed by atoms with Crippen molar-refractivity contribution < 1.29 is 4.79 Å². The first-order valence-corrected chi connectivity index (χ1v) is 3.93. The lowest BCUT2D eigenvalue weighted by atomic mass is 10.2. The molecule has 0 amide bonds. The third kappa shape index (κ3) is 2.61. The van der Waals surface area contributed by atoms with E-state index in [-0.39, 0.29) is 24.2 Å². The van der Waals surface area contributed by atoms with Gasteiger partial charge in [-0.05, 0) is 18.4 Å². The Kier molecular flexibility index (Phi) is 4.33. The van der Waals surface area contributed by atoms with Crippen LogP contribution >= 0.6 is 23.7 Å². The third-order valence-corrected chi connectivity index (χ3v) is 2.06. The molecule has 0 saturated carbocycles. The number of Topliss-reactive ketones (excluding diaryl/α,β-unsaturated/α-hetero) is 1. The van der Waals surface area contributed by atoms with Gasteiger partial charge in [0.05, 0.1) is 10.9 Å². The van der Waals surface area contributed by atoms with Gasteiger partial charge in [0.2, 0.25) is 0 Å². The summed E-state index contributed by atoms with van der Waals surface area (Å²) in [7, 11) is 0. The molecule has 1 heterocycles. The zero-order valence-corrected chi connectivity index (χ0v) is 7.74. The van der Waals surface area contributed by atoms with Crippen LogP contribution in [0.5, 0.6) is 0 Å². The highest BCUT2D eigenvalue weighted by Crippen LogP contribution is 2.09. The normalized spacial score (nSPS) is 11.8. The van der Waals surface area contributed by atoms with E-state index >= 15 is 0 Å². The molecule has 0 bridgehead atoms. The molecular weight excluding hydrogens is 182 g/mol. The van der Waals surface area contributed by atoms with Crippen LogP contribution in [0.1, 0.15) is 16.6 Å². The Morgan fingerprint density at radius 1 is 1.73 bits per heavy atom. The summed E-state index contributed by atoms with van der Waals surface area (Å²) in [5, 5.41) is 1.87. The van der Waals surface area contributed by atoms with Crippen LogP contribution in [-0.4, -0.2) is 11.8 Å². The van der Waals surface area contributed by atoms with Gasteiger partial charge in [-0.25, -0.2) is 0 Å². The highest BCUT2D eigenvalue weighted by molar-refractivity contribution is 7.12. The van der Waals surface area contributed by atoms with Gasteiger partial charge in [0.1, 0.15) is 0 Å².